The molecule has 6 heteroatoms. The van der Waals surface area contributed by atoms with Crippen molar-refractivity contribution in [1.29, 1.82) is 0 Å². The molecule has 0 spiro atoms. The van der Waals surface area contributed by atoms with Crippen LogP contribution in [0.5, 0.6) is 0 Å². The predicted octanol–water partition coefficient (Wildman–Crippen LogP) is 2.42. The van der Waals surface area contributed by atoms with Gasteiger partial charge in [0.05, 0.1) is 3.57 Å². The molecular weight excluding hydrogens is 336 g/mol. The quantitative estimate of drug-likeness (QED) is 0.850. The lowest BCUT2D eigenvalue weighted by molar-refractivity contribution is 0.102. The first-order valence-electron chi connectivity index (χ1n) is 4.82. The molecule has 1 N–H and O–H groups in total. The van der Waals surface area contributed by atoms with Crippen molar-refractivity contribution in [1.82, 2.24) is 9.78 Å². The van der Waals surface area contributed by atoms with Gasteiger partial charge in [0.2, 0.25) is 0 Å². The molecule has 0 atom stereocenters. The molecule has 4 nitrogen and oxygen atoms in total. The van der Waals surface area contributed by atoms with Gasteiger partial charge in [-0.15, -0.1) is 0 Å². The van der Waals surface area contributed by atoms with Gasteiger partial charge in [0.15, 0.2) is 5.69 Å². The van der Waals surface area contributed by atoms with Crippen LogP contribution in [0.2, 0.25) is 0 Å². The zero-order chi connectivity index (χ0) is 12.4. The van der Waals surface area contributed by atoms with E-state index in [2.05, 4.69) is 10.4 Å². The Labute approximate surface area is 111 Å². The molecule has 0 unspecified atom stereocenters. The highest BCUT2D eigenvalue weighted by Crippen LogP contribution is 2.14. The average Bonchev–Trinajstić information content (AvgIpc) is 2.58. The number of anilines is 1. The number of benzene rings is 1. The number of nitrogens with zero attached hydrogens (tertiary/aromatic N) is 2. The van der Waals surface area contributed by atoms with Crippen molar-refractivity contribution in [3.63, 3.8) is 0 Å². The number of nitrogens with one attached hydrogen (secondary N) is 1. The van der Waals surface area contributed by atoms with E-state index in [0.717, 1.165) is 3.57 Å². The van der Waals surface area contributed by atoms with Crippen molar-refractivity contribution in [3.8, 4) is 0 Å². The van der Waals surface area contributed by atoms with Gasteiger partial charge in [0.1, 0.15) is 5.82 Å². The van der Waals surface area contributed by atoms with Gasteiger partial charge in [-0.25, -0.2) is 4.39 Å². The van der Waals surface area contributed by atoms with E-state index in [-0.39, 0.29) is 5.91 Å². The van der Waals surface area contributed by atoms with Crippen molar-refractivity contribution in [2.75, 3.05) is 5.32 Å². The van der Waals surface area contributed by atoms with Crippen LogP contribution >= 0.6 is 22.6 Å². The smallest absolute Gasteiger partial charge is 0.277 e. The van der Waals surface area contributed by atoms with Crippen molar-refractivity contribution in [3.05, 3.63) is 45.5 Å². The minimum atomic E-state index is -0.390. The highest BCUT2D eigenvalue weighted by atomic mass is 127. The standard InChI is InChI=1S/C11H9FIN3O/c1-16-6-9(13)10(15-16)11(17)14-8-4-2-3-7(12)5-8/h2-6H,1H3,(H,14,17). The monoisotopic (exact) mass is 345 g/mol. The Bertz CT molecular complexity index is 568. The van der Waals surface area contributed by atoms with Crippen LogP contribution in [0.25, 0.3) is 0 Å². The summed E-state index contributed by atoms with van der Waals surface area (Å²) in [6.45, 7) is 0. The molecule has 1 amide bonds. The Morgan fingerprint density at radius 2 is 2.29 bits per heavy atom. The highest BCUT2D eigenvalue weighted by Gasteiger charge is 2.14. The van der Waals surface area contributed by atoms with Gasteiger partial charge in [-0.05, 0) is 40.8 Å². The van der Waals surface area contributed by atoms with Gasteiger partial charge in [-0.1, -0.05) is 6.07 Å². The minimum absolute atomic E-state index is 0.331. The molecule has 0 bridgehead atoms. The number of carbonyl (C=O) groups is 1. The lowest BCUT2D eigenvalue weighted by Gasteiger charge is -2.03. The number of amides is 1. The topological polar surface area (TPSA) is 46.9 Å². The molecule has 1 aromatic heterocycles. The molecule has 0 saturated carbocycles. The van der Waals surface area contributed by atoms with E-state index in [0.29, 0.717) is 11.4 Å². The van der Waals surface area contributed by atoms with Gasteiger partial charge >= 0.3 is 0 Å². The maximum Gasteiger partial charge on any atom is 0.277 e. The summed E-state index contributed by atoms with van der Waals surface area (Å²) in [4.78, 5) is 11.8. The van der Waals surface area contributed by atoms with E-state index in [1.54, 1.807) is 24.0 Å². The summed E-state index contributed by atoms with van der Waals surface area (Å²) < 4.78 is 15.2. The van der Waals surface area contributed by atoms with Crippen molar-refractivity contribution in [2.45, 2.75) is 0 Å². The largest absolute Gasteiger partial charge is 0.320 e. The second-order valence-corrected chi connectivity index (χ2v) is 4.63. The van der Waals surface area contributed by atoms with Gasteiger partial charge in [0.25, 0.3) is 5.91 Å². The molecule has 1 heterocycles. The Hall–Kier alpha value is -1.44. The third-order valence-corrected chi connectivity index (χ3v) is 2.87. The molecule has 1 aromatic carbocycles. The first kappa shape index (κ1) is 12.0. The Morgan fingerprint density at radius 1 is 1.53 bits per heavy atom. The summed E-state index contributed by atoms with van der Waals surface area (Å²) in [5, 5.41) is 6.63. The van der Waals surface area contributed by atoms with E-state index in [1.165, 1.54) is 18.2 Å². The number of hydrogen-bond acceptors (Lipinski definition) is 2. The van der Waals surface area contributed by atoms with Gasteiger partial charge < -0.3 is 5.32 Å². The fraction of sp³-hybridized carbons (Fsp3) is 0.0909. The van der Waals surface area contributed by atoms with Crippen LogP contribution in [0.1, 0.15) is 10.5 Å². The van der Waals surface area contributed by atoms with Crippen molar-refractivity contribution < 1.29 is 9.18 Å². The van der Waals surface area contributed by atoms with Crippen molar-refractivity contribution >= 4 is 34.2 Å². The molecule has 2 rings (SSSR count). The molecule has 0 radical (unpaired) electrons. The normalized spacial score (nSPS) is 10.3. The van der Waals surface area contributed by atoms with Gasteiger partial charge in [-0.2, -0.15) is 5.10 Å². The van der Waals surface area contributed by atoms with Crippen LogP contribution in [-0.4, -0.2) is 15.7 Å². The highest BCUT2D eigenvalue weighted by molar-refractivity contribution is 14.1. The number of halogens is 2. The maximum absolute atomic E-state index is 12.9. The van der Waals surface area contributed by atoms with Crippen LogP contribution in [0.3, 0.4) is 0 Å². The van der Waals surface area contributed by atoms with Crippen LogP contribution in [0.4, 0.5) is 10.1 Å². The first-order valence-corrected chi connectivity index (χ1v) is 5.90. The molecule has 0 fully saturated rings. The third kappa shape index (κ3) is 2.82. The second-order valence-electron chi connectivity index (χ2n) is 3.46. The minimum Gasteiger partial charge on any atom is -0.320 e. The molecule has 2 aromatic rings. The van der Waals surface area contributed by atoms with Crippen molar-refractivity contribution in [2.24, 2.45) is 7.05 Å². The van der Waals surface area contributed by atoms with E-state index >= 15 is 0 Å². The van der Waals surface area contributed by atoms with Gasteiger partial charge in [0, 0.05) is 18.9 Å². The molecular formula is C11H9FIN3O. The molecule has 0 aliphatic carbocycles. The summed E-state index contributed by atoms with van der Waals surface area (Å²) in [5.41, 5.74) is 0.744. The molecule has 17 heavy (non-hydrogen) atoms. The van der Waals surface area contributed by atoms with E-state index in [1.807, 2.05) is 22.6 Å². The van der Waals surface area contributed by atoms with Crippen LogP contribution in [0.15, 0.2) is 30.5 Å². The van der Waals surface area contributed by atoms with Crippen LogP contribution in [-0.2, 0) is 7.05 Å². The number of aromatic nitrogens is 2. The fourth-order valence-corrected chi connectivity index (χ4v) is 2.13. The number of aryl methyl sites for hydroxylation is 1. The Balaban J connectivity index is 2.20. The number of hydrogen-bond donors (Lipinski definition) is 1. The number of carbonyl (C=O) groups excluding carboxylic acids is 1. The summed E-state index contributed by atoms with van der Waals surface area (Å²) in [6, 6.07) is 5.74. The second kappa shape index (κ2) is 4.82. The lowest BCUT2D eigenvalue weighted by atomic mass is 10.3. The van der Waals surface area contributed by atoms with Crippen LogP contribution in [0, 0.1) is 9.39 Å². The zero-order valence-electron chi connectivity index (χ0n) is 8.95. The maximum atomic E-state index is 12.9. The van der Waals surface area contributed by atoms with E-state index in [4.69, 9.17) is 0 Å². The molecule has 0 saturated heterocycles. The average molecular weight is 345 g/mol. The Morgan fingerprint density at radius 3 is 2.88 bits per heavy atom. The predicted molar refractivity (Wildman–Crippen MR) is 70.3 cm³/mol. The summed E-state index contributed by atoms with van der Waals surface area (Å²) in [7, 11) is 1.74. The fourth-order valence-electron chi connectivity index (χ4n) is 1.37. The van der Waals surface area contributed by atoms with E-state index < -0.39 is 5.82 Å². The lowest BCUT2D eigenvalue weighted by Crippen LogP contribution is -2.14. The van der Waals surface area contributed by atoms with Gasteiger partial charge in [-0.3, -0.25) is 9.48 Å². The summed E-state index contributed by atoms with van der Waals surface area (Å²) in [6.07, 6.45) is 1.74. The summed E-state index contributed by atoms with van der Waals surface area (Å²) in [5.74, 6) is -0.737. The Kier molecular flexibility index (Phi) is 3.41. The molecule has 0 aliphatic rings. The SMILES string of the molecule is Cn1cc(I)c(C(=O)Nc2cccc(F)c2)n1. The number of rotatable bonds is 2. The first-order chi connectivity index (χ1) is 8.06. The molecule has 0 aliphatic heterocycles. The third-order valence-electron chi connectivity index (χ3n) is 2.08. The van der Waals surface area contributed by atoms with Crippen LogP contribution < -0.4 is 5.32 Å². The zero-order valence-corrected chi connectivity index (χ0v) is 11.1. The molecule has 88 valence electrons. The summed E-state index contributed by atoms with van der Waals surface area (Å²) >= 11 is 2.03. The van der Waals surface area contributed by atoms with E-state index in [9.17, 15) is 9.18 Å².